The number of hydrogen-bond acceptors (Lipinski definition) is 0. The minimum atomic E-state index is 0.965. The van der Waals surface area contributed by atoms with Gasteiger partial charge >= 0.3 is 0 Å². The summed E-state index contributed by atoms with van der Waals surface area (Å²) in [5, 5.41) is 0. The van der Waals surface area contributed by atoms with Crippen molar-refractivity contribution in [3.8, 4) is 0 Å². The summed E-state index contributed by atoms with van der Waals surface area (Å²) < 4.78 is 0. The predicted molar refractivity (Wildman–Crippen MR) is 59.8 cm³/mol. The lowest BCUT2D eigenvalue weighted by molar-refractivity contribution is 0.459. The molecule has 0 aromatic heterocycles. The van der Waals surface area contributed by atoms with E-state index in [-0.39, 0.29) is 0 Å². The van der Waals surface area contributed by atoms with Crippen LogP contribution in [0.15, 0.2) is 0 Å². The average molecular weight is 182 g/mol. The summed E-state index contributed by atoms with van der Waals surface area (Å²) in [6, 6.07) is 0. The van der Waals surface area contributed by atoms with Gasteiger partial charge in [0.05, 0.1) is 0 Å². The van der Waals surface area contributed by atoms with Crippen LogP contribution in [-0.4, -0.2) is 0 Å². The summed E-state index contributed by atoms with van der Waals surface area (Å²) in [6.07, 6.45) is 10.3. The second kappa shape index (κ2) is 5.67. The van der Waals surface area contributed by atoms with Gasteiger partial charge in [-0.2, -0.15) is 0 Å². The van der Waals surface area contributed by atoms with Crippen molar-refractivity contribution < 1.29 is 0 Å². The molecule has 0 bridgehead atoms. The van der Waals surface area contributed by atoms with Crippen molar-refractivity contribution in [1.29, 1.82) is 0 Å². The van der Waals surface area contributed by atoms with Crippen molar-refractivity contribution in [2.45, 2.75) is 65.7 Å². The van der Waals surface area contributed by atoms with Gasteiger partial charge in [-0.05, 0) is 30.6 Å². The summed E-state index contributed by atoms with van der Waals surface area (Å²) in [5.74, 6) is 3.22. The Kier molecular flexibility index (Phi) is 4.83. The molecule has 0 aromatic carbocycles. The lowest BCUT2D eigenvalue weighted by Crippen LogP contribution is -1.93. The van der Waals surface area contributed by atoms with Crippen molar-refractivity contribution in [3.05, 3.63) is 0 Å². The molecule has 1 aliphatic rings. The second-order valence-electron chi connectivity index (χ2n) is 4.99. The first-order chi connectivity index (χ1) is 6.27. The molecule has 1 rings (SSSR count). The third kappa shape index (κ3) is 4.15. The van der Waals surface area contributed by atoms with E-state index in [1.54, 1.807) is 6.42 Å². The molecular formula is C13H26. The van der Waals surface area contributed by atoms with Gasteiger partial charge in [-0.15, -0.1) is 0 Å². The zero-order valence-electron chi connectivity index (χ0n) is 9.68. The maximum Gasteiger partial charge on any atom is -0.0383 e. The minimum Gasteiger partial charge on any atom is -0.0654 e. The van der Waals surface area contributed by atoms with Gasteiger partial charge < -0.3 is 0 Å². The van der Waals surface area contributed by atoms with Gasteiger partial charge in [0.2, 0.25) is 0 Å². The van der Waals surface area contributed by atoms with Gasteiger partial charge in [-0.1, -0.05) is 52.9 Å². The normalized spacial score (nSPS) is 28.8. The van der Waals surface area contributed by atoms with E-state index < -0.39 is 0 Å². The molecule has 0 amide bonds. The van der Waals surface area contributed by atoms with Crippen molar-refractivity contribution in [2.75, 3.05) is 0 Å². The van der Waals surface area contributed by atoms with Gasteiger partial charge in [-0.3, -0.25) is 0 Å². The summed E-state index contributed by atoms with van der Waals surface area (Å²) >= 11 is 0. The molecular weight excluding hydrogens is 156 g/mol. The molecule has 0 saturated heterocycles. The van der Waals surface area contributed by atoms with Crippen LogP contribution in [0.2, 0.25) is 0 Å². The maximum absolute atomic E-state index is 2.39. The van der Waals surface area contributed by atoms with E-state index in [0.29, 0.717) is 0 Å². The van der Waals surface area contributed by atoms with Crippen LogP contribution in [0.25, 0.3) is 0 Å². The highest BCUT2D eigenvalue weighted by Crippen LogP contribution is 2.45. The highest BCUT2D eigenvalue weighted by Gasteiger charge is 2.35. The van der Waals surface area contributed by atoms with Crippen LogP contribution in [-0.2, 0) is 0 Å². The topological polar surface area (TPSA) is 0 Å². The van der Waals surface area contributed by atoms with Gasteiger partial charge in [0.15, 0.2) is 0 Å². The first kappa shape index (κ1) is 11.1. The maximum atomic E-state index is 2.39. The molecule has 0 radical (unpaired) electrons. The molecule has 0 heteroatoms. The fraction of sp³-hybridized carbons (Fsp3) is 1.00. The molecule has 3 atom stereocenters. The standard InChI is InChI=1S/C13H26/c1-4-6-7-12-10-13(12)9-8-11(3)5-2/h11-13H,4-10H2,1-3H3. The first-order valence-corrected chi connectivity index (χ1v) is 6.27. The molecule has 1 saturated carbocycles. The van der Waals surface area contributed by atoms with Gasteiger partial charge in [0, 0.05) is 0 Å². The van der Waals surface area contributed by atoms with E-state index in [1.165, 1.54) is 38.5 Å². The molecule has 1 fully saturated rings. The molecule has 0 heterocycles. The molecule has 13 heavy (non-hydrogen) atoms. The Morgan fingerprint density at radius 2 is 1.85 bits per heavy atom. The fourth-order valence-corrected chi connectivity index (χ4v) is 2.19. The van der Waals surface area contributed by atoms with Crippen molar-refractivity contribution >= 4 is 0 Å². The van der Waals surface area contributed by atoms with E-state index in [0.717, 1.165) is 17.8 Å². The quantitative estimate of drug-likeness (QED) is 0.538. The molecule has 0 N–H and O–H groups in total. The Morgan fingerprint density at radius 1 is 1.15 bits per heavy atom. The van der Waals surface area contributed by atoms with E-state index in [1.807, 2.05) is 0 Å². The Balaban J connectivity index is 1.94. The van der Waals surface area contributed by atoms with Crippen LogP contribution in [0.3, 0.4) is 0 Å². The fourth-order valence-electron chi connectivity index (χ4n) is 2.19. The summed E-state index contributed by atoms with van der Waals surface area (Å²) in [7, 11) is 0. The highest BCUT2D eigenvalue weighted by molar-refractivity contribution is 4.85. The Morgan fingerprint density at radius 3 is 2.46 bits per heavy atom. The number of hydrogen-bond donors (Lipinski definition) is 0. The largest absolute Gasteiger partial charge is 0.0654 e. The van der Waals surface area contributed by atoms with Gasteiger partial charge in [-0.25, -0.2) is 0 Å². The summed E-state index contributed by atoms with van der Waals surface area (Å²) in [4.78, 5) is 0. The lowest BCUT2D eigenvalue weighted by Gasteiger charge is -2.06. The summed E-state index contributed by atoms with van der Waals surface area (Å²) in [5.41, 5.74) is 0. The first-order valence-electron chi connectivity index (χ1n) is 6.27. The van der Waals surface area contributed by atoms with Gasteiger partial charge in [0.1, 0.15) is 0 Å². The van der Waals surface area contributed by atoms with Crippen LogP contribution in [0.5, 0.6) is 0 Å². The van der Waals surface area contributed by atoms with Crippen LogP contribution in [0.1, 0.15) is 65.7 Å². The third-order valence-electron chi connectivity index (χ3n) is 3.72. The van der Waals surface area contributed by atoms with Crippen molar-refractivity contribution in [3.63, 3.8) is 0 Å². The SMILES string of the molecule is CCCCC1CC1CCC(C)CC. The number of unbranched alkanes of at least 4 members (excludes halogenated alkanes) is 1. The van der Waals surface area contributed by atoms with Crippen LogP contribution >= 0.6 is 0 Å². The van der Waals surface area contributed by atoms with Gasteiger partial charge in [0.25, 0.3) is 0 Å². The van der Waals surface area contributed by atoms with E-state index in [9.17, 15) is 0 Å². The molecule has 1 aliphatic carbocycles. The molecule has 0 aromatic rings. The Bertz CT molecular complexity index is 128. The van der Waals surface area contributed by atoms with E-state index in [4.69, 9.17) is 0 Å². The third-order valence-corrected chi connectivity index (χ3v) is 3.72. The smallest absolute Gasteiger partial charge is 0.0383 e. The van der Waals surface area contributed by atoms with Crippen LogP contribution < -0.4 is 0 Å². The average Bonchev–Trinajstić information content (AvgIpc) is 2.89. The molecule has 3 unspecified atom stereocenters. The van der Waals surface area contributed by atoms with E-state index >= 15 is 0 Å². The minimum absolute atomic E-state index is 0.965. The highest BCUT2D eigenvalue weighted by atomic mass is 14.4. The zero-order valence-corrected chi connectivity index (χ0v) is 9.68. The van der Waals surface area contributed by atoms with Crippen LogP contribution in [0, 0.1) is 17.8 Å². The zero-order chi connectivity index (χ0) is 9.68. The Labute approximate surface area is 84.1 Å². The number of rotatable bonds is 7. The van der Waals surface area contributed by atoms with Crippen LogP contribution in [0.4, 0.5) is 0 Å². The Hall–Kier alpha value is 0. The van der Waals surface area contributed by atoms with Crippen molar-refractivity contribution in [2.24, 2.45) is 17.8 Å². The van der Waals surface area contributed by atoms with E-state index in [2.05, 4.69) is 20.8 Å². The molecule has 78 valence electrons. The second-order valence-corrected chi connectivity index (χ2v) is 4.99. The molecule has 0 aliphatic heterocycles. The predicted octanol–water partition coefficient (Wildman–Crippen LogP) is 4.64. The van der Waals surface area contributed by atoms with Crippen molar-refractivity contribution in [1.82, 2.24) is 0 Å². The molecule has 0 nitrogen and oxygen atoms in total. The molecule has 0 spiro atoms. The lowest BCUT2D eigenvalue weighted by atomic mass is 10.00. The summed E-state index contributed by atoms with van der Waals surface area (Å²) in [6.45, 7) is 7.01. The monoisotopic (exact) mass is 182 g/mol.